The summed E-state index contributed by atoms with van der Waals surface area (Å²) in [6, 6.07) is 7.86. The number of likely N-dealkylation sites (tertiary alicyclic amines) is 1. The molecule has 0 unspecified atom stereocenters. The highest BCUT2D eigenvalue weighted by Gasteiger charge is 2.27. The van der Waals surface area contributed by atoms with Crippen LogP contribution in [0.3, 0.4) is 0 Å². The van der Waals surface area contributed by atoms with Crippen molar-refractivity contribution in [2.45, 2.75) is 45.3 Å². The van der Waals surface area contributed by atoms with Crippen LogP contribution in [0.25, 0.3) is 0 Å². The van der Waals surface area contributed by atoms with Crippen molar-refractivity contribution in [2.75, 3.05) is 25.5 Å². The average Bonchev–Trinajstić information content (AvgIpc) is 2.54. The van der Waals surface area contributed by atoms with Crippen molar-refractivity contribution in [3.63, 3.8) is 0 Å². The summed E-state index contributed by atoms with van der Waals surface area (Å²) < 4.78 is 10.7. The topological polar surface area (TPSA) is 62.8 Å². The first-order valence-corrected chi connectivity index (χ1v) is 8.88. The second kappa shape index (κ2) is 8.38. The minimum Gasteiger partial charge on any atom is -0.495 e. The first kappa shape index (κ1) is 19.3. The minimum absolute atomic E-state index is 0.230. The molecule has 2 N–H and O–H groups in total. The van der Waals surface area contributed by atoms with E-state index in [0.29, 0.717) is 18.2 Å². The van der Waals surface area contributed by atoms with Gasteiger partial charge in [-0.05, 0) is 58.0 Å². The highest BCUT2D eigenvalue weighted by atomic mass is 32.1. The van der Waals surface area contributed by atoms with Gasteiger partial charge in [0.15, 0.2) is 5.11 Å². The Morgan fingerprint density at radius 1 is 1.24 bits per heavy atom. The number of hydrogen-bond acceptors (Lipinski definition) is 4. The number of nitrogens with one attached hydrogen (secondary N) is 2. The molecule has 1 aromatic carbocycles. The minimum atomic E-state index is -0.466. The summed E-state index contributed by atoms with van der Waals surface area (Å²) in [5.74, 6) is 0.742. The third-order valence-electron chi connectivity index (χ3n) is 3.84. The van der Waals surface area contributed by atoms with E-state index in [1.807, 2.05) is 45.0 Å². The predicted octanol–water partition coefficient (Wildman–Crippen LogP) is 3.38. The summed E-state index contributed by atoms with van der Waals surface area (Å²) in [5, 5.41) is 7.03. The summed E-state index contributed by atoms with van der Waals surface area (Å²) in [5.41, 5.74) is 0.362. The fourth-order valence-corrected chi connectivity index (χ4v) is 2.90. The molecular formula is C18H27N3O3S. The van der Waals surface area contributed by atoms with Gasteiger partial charge in [0.1, 0.15) is 11.4 Å². The van der Waals surface area contributed by atoms with Crippen molar-refractivity contribution in [1.82, 2.24) is 10.2 Å². The Bertz CT molecular complexity index is 608. The SMILES string of the molecule is COc1ccccc1NC(=S)NC1CCN(C(=O)OC(C)(C)C)CC1. The molecule has 0 saturated carbocycles. The molecular weight excluding hydrogens is 338 g/mol. The molecule has 1 aliphatic rings. The first-order chi connectivity index (χ1) is 11.8. The highest BCUT2D eigenvalue weighted by Crippen LogP contribution is 2.23. The van der Waals surface area contributed by atoms with Gasteiger partial charge in [-0.15, -0.1) is 0 Å². The fraction of sp³-hybridized carbons (Fsp3) is 0.556. The number of amides is 1. The number of hydrogen-bond donors (Lipinski definition) is 2. The number of methoxy groups -OCH3 is 1. The molecule has 6 nitrogen and oxygen atoms in total. The molecule has 1 aliphatic heterocycles. The summed E-state index contributed by atoms with van der Waals surface area (Å²) in [6.07, 6.45) is 1.40. The standard InChI is InChI=1S/C18H27N3O3S/c1-18(2,3)24-17(22)21-11-9-13(10-12-21)19-16(25)20-14-7-5-6-8-15(14)23-4/h5-8,13H,9-12H2,1-4H3,(H2,19,20,25). The number of piperidine rings is 1. The maximum atomic E-state index is 12.1. The summed E-state index contributed by atoms with van der Waals surface area (Å²) in [4.78, 5) is 13.8. The number of anilines is 1. The second-order valence-electron chi connectivity index (χ2n) is 7.04. The lowest BCUT2D eigenvalue weighted by Gasteiger charge is -2.34. The van der Waals surface area contributed by atoms with Gasteiger partial charge in [0.05, 0.1) is 12.8 Å². The molecule has 1 saturated heterocycles. The van der Waals surface area contributed by atoms with Gasteiger partial charge in [-0.3, -0.25) is 0 Å². The number of para-hydroxylation sites is 2. The van der Waals surface area contributed by atoms with Gasteiger partial charge in [0.2, 0.25) is 0 Å². The van der Waals surface area contributed by atoms with Crippen LogP contribution < -0.4 is 15.4 Å². The third kappa shape index (κ3) is 6.08. The van der Waals surface area contributed by atoms with E-state index >= 15 is 0 Å². The van der Waals surface area contributed by atoms with Crippen LogP contribution in [0.2, 0.25) is 0 Å². The summed E-state index contributed by atoms with van der Waals surface area (Å²) in [6.45, 7) is 6.94. The Morgan fingerprint density at radius 3 is 2.48 bits per heavy atom. The van der Waals surface area contributed by atoms with Crippen molar-refractivity contribution in [3.05, 3.63) is 24.3 Å². The van der Waals surface area contributed by atoms with Crippen LogP contribution in [-0.2, 0) is 4.74 Å². The first-order valence-electron chi connectivity index (χ1n) is 8.47. The van der Waals surface area contributed by atoms with E-state index in [1.54, 1.807) is 12.0 Å². The number of carbonyl (C=O) groups is 1. The zero-order chi connectivity index (χ0) is 18.4. The second-order valence-corrected chi connectivity index (χ2v) is 7.45. The maximum Gasteiger partial charge on any atom is 0.410 e. The number of carbonyl (C=O) groups excluding carboxylic acids is 1. The van der Waals surface area contributed by atoms with E-state index in [-0.39, 0.29) is 12.1 Å². The summed E-state index contributed by atoms with van der Waals surface area (Å²) >= 11 is 5.39. The molecule has 0 spiro atoms. The zero-order valence-corrected chi connectivity index (χ0v) is 16.1. The fourth-order valence-electron chi connectivity index (χ4n) is 2.62. The van der Waals surface area contributed by atoms with Gasteiger partial charge in [-0.1, -0.05) is 12.1 Å². The molecule has 0 aliphatic carbocycles. The Balaban J connectivity index is 1.80. The van der Waals surface area contributed by atoms with Crippen molar-refractivity contribution < 1.29 is 14.3 Å². The Hall–Kier alpha value is -2.02. The van der Waals surface area contributed by atoms with Gasteiger partial charge >= 0.3 is 6.09 Å². The molecule has 0 aromatic heterocycles. The lowest BCUT2D eigenvalue weighted by Crippen LogP contribution is -2.48. The molecule has 2 rings (SSSR count). The lowest BCUT2D eigenvalue weighted by atomic mass is 10.1. The monoisotopic (exact) mass is 365 g/mol. The smallest absolute Gasteiger partial charge is 0.410 e. The maximum absolute atomic E-state index is 12.1. The number of nitrogens with zero attached hydrogens (tertiary/aromatic N) is 1. The lowest BCUT2D eigenvalue weighted by molar-refractivity contribution is 0.0203. The van der Waals surface area contributed by atoms with Gasteiger partial charge in [-0.2, -0.15) is 0 Å². The molecule has 1 aromatic rings. The molecule has 0 radical (unpaired) electrons. The number of rotatable bonds is 3. The van der Waals surface area contributed by atoms with E-state index in [4.69, 9.17) is 21.7 Å². The van der Waals surface area contributed by atoms with Crippen molar-refractivity contribution in [1.29, 1.82) is 0 Å². The van der Waals surface area contributed by atoms with Crippen LogP contribution in [0.15, 0.2) is 24.3 Å². The van der Waals surface area contributed by atoms with Crippen molar-refractivity contribution in [3.8, 4) is 5.75 Å². The molecule has 1 fully saturated rings. The molecule has 0 atom stereocenters. The van der Waals surface area contributed by atoms with Gasteiger partial charge in [0.25, 0.3) is 0 Å². The Kier molecular flexibility index (Phi) is 6.47. The molecule has 1 amide bonds. The van der Waals surface area contributed by atoms with Crippen LogP contribution in [0.5, 0.6) is 5.75 Å². The molecule has 25 heavy (non-hydrogen) atoms. The van der Waals surface area contributed by atoms with Gasteiger partial charge in [0, 0.05) is 19.1 Å². The van der Waals surface area contributed by atoms with Crippen LogP contribution in [0, 0.1) is 0 Å². The number of benzene rings is 1. The predicted molar refractivity (Wildman–Crippen MR) is 103 cm³/mol. The van der Waals surface area contributed by atoms with Crippen LogP contribution in [0.1, 0.15) is 33.6 Å². The molecule has 138 valence electrons. The third-order valence-corrected chi connectivity index (χ3v) is 4.06. The number of ether oxygens (including phenoxy) is 2. The molecule has 0 bridgehead atoms. The van der Waals surface area contributed by atoms with Gasteiger partial charge in [-0.25, -0.2) is 4.79 Å². The van der Waals surface area contributed by atoms with E-state index < -0.39 is 5.60 Å². The van der Waals surface area contributed by atoms with E-state index in [0.717, 1.165) is 24.3 Å². The van der Waals surface area contributed by atoms with Crippen LogP contribution >= 0.6 is 12.2 Å². The number of thiocarbonyl (C=S) groups is 1. The molecule has 1 heterocycles. The van der Waals surface area contributed by atoms with Crippen LogP contribution in [0.4, 0.5) is 10.5 Å². The summed E-state index contributed by atoms with van der Waals surface area (Å²) in [7, 11) is 1.63. The van der Waals surface area contributed by atoms with Crippen LogP contribution in [-0.4, -0.2) is 47.9 Å². The molecule has 7 heteroatoms. The van der Waals surface area contributed by atoms with Crippen molar-refractivity contribution in [2.24, 2.45) is 0 Å². The quantitative estimate of drug-likeness (QED) is 0.801. The van der Waals surface area contributed by atoms with E-state index in [9.17, 15) is 4.79 Å². The Labute approximate surface area is 154 Å². The van der Waals surface area contributed by atoms with E-state index in [1.165, 1.54) is 0 Å². The highest BCUT2D eigenvalue weighted by molar-refractivity contribution is 7.80. The largest absolute Gasteiger partial charge is 0.495 e. The van der Waals surface area contributed by atoms with E-state index in [2.05, 4.69) is 10.6 Å². The average molecular weight is 365 g/mol. The van der Waals surface area contributed by atoms with Gasteiger partial charge < -0.3 is 25.0 Å². The normalized spacial score (nSPS) is 15.4. The van der Waals surface area contributed by atoms with Crippen molar-refractivity contribution >= 4 is 29.1 Å². The zero-order valence-electron chi connectivity index (χ0n) is 15.3. The Morgan fingerprint density at radius 2 is 1.88 bits per heavy atom.